The van der Waals surface area contributed by atoms with Gasteiger partial charge >= 0.3 is 0 Å². The molecule has 2 nitrogen and oxygen atoms in total. The van der Waals surface area contributed by atoms with Crippen LogP contribution in [-0.2, 0) is 0 Å². The van der Waals surface area contributed by atoms with E-state index in [1.165, 1.54) is 6.08 Å². The standard InChI is InChI=1S/C21H16ClNO/c22-19(15-17-7-2-1-3-8-17)11-12-21(24)18-9-6-10-20(16-18)23-13-4-5-14-23/h1-16H/b12-11+,19-15-. The van der Waals surface area contributed by atoms with Crippen molar-refractivity contribution in [2.45, 2.75) is 0 Å². The smallest absolute Gasteiger partial charge is 0.185 e. The second kappa shape index (κ2) is 7.62. The normalized spacial score (nSPS) is 11.8. The number of hydrogen-bond donors (Lipinski definition) is 0. The van der Waals surface area contributed by atoms with Crippen LogP contribution >= 0.6 is 11.6 Å². The third-order valence-corrected chi connectivity index (χ3v) is 3.77. The van der Waals surface area contributed by atoms with E-state index in [4.69, 9.17) is 11.6 Å². The highest BCUT2D eigenvalue weighted by Gasteiger charge is 2.04. The van der Waals surface area contributed by atoms with Crippen LogP contribution in [0, 0.1) is 0 Å². The number of aromatic nitrogens is 1. The zero-order valence-electron chi connectivity index (χ0n) is 13.0. The number of ketones is 1. The molecular weight excluding hydrogens is 318 g/mol. The van der Waals surface area contributed by atoms with E-state index in [-0.39, 0.29) is 5.78 Å². The molecule has 0 bridgehead atoms. The van der Waals surface area contributed by atoms with Gasteiger partial charge in [0.25, 0.3) is 0 Å². The molecule has 0 saturated carbocycles. The van der Waals surface area contributed by atoms with Crippen molar-refractivity contribution in [1.82, 2.24) is 4.57 Å². The Labute approximate surface area is 146 Å². The number of allylic oxidation sites excluding steroid dienone is 3. The van der Waals surface area contributed by atoms with Crippen molar-refractivity contribution in [2.24, 2.45) is 0 Å². The Kier molecular flexibility index (Phi) is 5.09. The van der Waals surface area contributed by atoms with Crippen molar-refractivity contribution < 1.29 is 4.79 Å². The van der Waals surface area contributed by atoms with Gasteiger partial charge in [-0.05, 0) is 48.1 Å². The van der Waals surface area contributed by atoms with Gasteiger partial charge in [0.05, 0.1) is 0 Å². The number of carbonyl (C=O) groups is 1. The van der Waals surface area contributed by atoms with Crippen molar-refractivity contribution in [3.8, 4) is 5.69 Å². The Morgan fingerprint density at radius 1 is 0.875 bits per heavy atom. The summed E-state index contributed by atoms with van der Waals surface area (Å²) < 4.78 is 1.96. The predicted octanol–water partition coefficient (Wildman–Crippen LogP) is 5.50. The quantitative estimate of drug-likeness (QED) is 0.343. The molecule has 0 unspecified atom stereocenters. The summed E-state index contributed by atoms with van der Waals surface area (Å²) in [4.78, 5) is 12.3. The molecule has 0 amide bonds. The minimum absolute atomic E-state index is 0.0800. The molecule has 0 fully saturated rings. The number of halogens is 1. The highest BCUT2D eigenvalue weighted by atomic mass is 35.5. The Morgan fingerprint density at radius 3 is 2.38 bits per heavy atom. The fourth-order valence-electron chi connectivity index (χ4n) is 2.33. The molecule has 0 N–H and O–H groups in total. The molecule has 118 valence electrons. The molecule has 3 aromatic rings. The Hall–Kier alpha value is -2.84. The molecule has 3 rings (SSSR count). The van der Waals surface area contributed by atoms with E-state index in [2.05, 4.69) is 0 Å². The highest BCUT2D eigenvalue weighted by molar-refractivity contribution is 6.33. The first-order chi connectivity index (χ1) is 11.7. The molecule has 0 atom stereocenters. The van der Waals surface area contributed by atoms with Crippen molar-refractivity contribution in [1.29, 1.82) is 0 Å². The van der Waals surface area contributed by atoms with Crippen LogP contribution in [-0.4, -0.2) is 10.4 Å². The van der Waals surface area contributed by atoms with Gasteiger partial charge < -0.3 is 4.57 Å². The second-order valence-electron chi connectivity index (χ2n) is 5.28. The minimum Gasteiger partial charge on any atom is -0.324 e. The summed E-state index contributed by atoms with van der Waals surface area (Å²) in [5, 5.41) is 0.510. The first kappa shape index (κ1) is 16.0. The minimum atomic E-state index is -0.0800. The fraction of sp³-hybridized carbons (Fsp3) is 0. The van der Waals surface area contributed by atoms with Crippen LogP contribution in [0.3, 0.4) is 0 Å². The average molecular weight is 334 g/mol. The molecule has 0 spiro atoms. The molecule has 24 heavy (non-hydrogen) atoms. The second-order valence-corrected chi connectivity index (χ2v) is 5.71. The van der Waals surface area contributed by atoms with Gasteiger partial charge in [-0.3, -0.25) is 4.79 Å². The maximum Gasteiger partial charge on any atom is 0.185 e. The van der Waals surface area contributed by atoms with Crippen LogP contribution in [0.5, 0.6) is 0 Å². The van der Waals surface area contributed by atoms with Crippen LogP contribution < -0.4 is 0 Å². The Balaban J connectivity index is 1.75. The molecule has 1 heterocycles. The maximum absolute atomic E-state index is 12.3. The topological polar surface area (TPSA) is 22.0 Å². The number of benzene rings is 2. The lowest BCUT2D eigenvalue weighted by Crippen LogP contribution is -1.97. The van der Waals surface area contributed by atoms with Gasteiger partial charge in [0.15, 0.2) is 5.78 Å². The average Bonchev–Trinajstić information content (AvgIpc) is 3.15. The van der Waals surface area contributed by atoms with Crippen LogP contribution in [0.15, 0.2) is 96.3 Å². The van der Waals surface area contributed by atoms with Gasteiger partial charge in [0, 0.05) is 28.7 Å². The zero-order chi connectivity index (χ0) is 16.8. The third kappa shape index (κ3) is 4.12. The first-order valence-electron chi connectivity index (χ1n) is 7.60. The van der Waals surface area contributed by atoms with E-state index in [0.29, 0.717) is 10.6 Å². The lowest BCUT2D eigenvalue weighted by atomic mass is 10.1. The summed E-state index contributed by atoms with van der Waals surface area (Å²) in [6.45, 7) is 0. The monoisotopic (exact) mass is 333 g/mol. The molecule has 3 heteroatoms. The lowest BCUT2D eigenvalue weighted by Gasteiger charge is -2.04. The van der Waals surface area contributed by atoms with Crippen molar-refractivity contribution in [3.05, 3.63) is 107 Å². The number of rotatable bonds is 5. The predicted molar refractivity (Wildman–Crippen MR) is 99.5 cm³/mol. The van der Waals surface area contributed by atoms with Gasteiger partial charge in [-0.2, -0.15) is 0 Å². The van der Waals surface area contributed by atoms with Crippen LogP contribution in [0.4, 0.5) is 0 Å². The molecule has 0 aliphatic heterocycles. The van der Waals surface area contributed by atoms with Crippen molar-refractivity contribution >= 4 is 23.5 Å². The van der Waals surface area contributed by atoms with Gasteiger partial charge in [0.1, 0.15) is 0 Å². The zero-order valence-corrected chi connectivity index (χ0v) is 13.7. The highest BCUT2D eigenvalue weighted by Crippen LogP contribution is 2.14. The Bertz CT molecular complexity index is 877. The summed E-state index contributed by atoms with van der Waals surface area (Å²) in [5.74, 6) is -0.0800. The molecule has 2 aromatic carbocycles. The summed E-state index contributed by atoms with van der Waals surface area (Å²) in [6.07, 6.45) is 8.83. The van der Waals surface area contributed by atoms with E-state index < -0.39 is 0 Å². The molecular formula is C21H16ClNO. The SMILES string of the molecule is O=C(/C=C/C(Cl)=C/c1ccccc1)c1cccc(-n2cccc2)c1. The summed E-state index contributed by atoms with van der Waals surface area (Å²) in [6, 6.07) is 21.1. The summed E-state index contributed by atoms with van der Waals surface area (Å²) in [7, 11) is 0. The molecule has 0 saturated heterocycles. The fourth-order valence-corrected chi connectivity index (χ4v) is 2.52. The molecule has 1 aromatic heterocycles. The van der Waals surface area contributed by atoms with E-state index in [9.17, 15) is 4.79 Å². The maximum atomic E-state index is 12.3. The first-order valence-corrected chi connectivity index (χ1v) is 7.98. The summed E-state index contributed by atoms with van der Waals surface area (Å²) >= 11 is 6.18. The van der Waals surface area contributed by atoms with Crippen molar-refractivity contribution in [3.63, 3.8) is 0 Å². The number of nitrogens with zero attached hydrogens (tertiary/aromatic N) is 1. The van der Waals surface area contributed by atoms with Gasteiger partial charge in [0.2, 0.25) is 0 Å². The largest absolute Gasteiger partial charge is 0.324 e. The molecule has 0 radical (unpaired) electrons. The third-order valence-electron chi connectivity index (χ3n) is 3.53. The van der Waals surface area contributed by atoms with Crippen LogP contribution in [0.1, 0.15) is 15.9 Å². The van der Waals surface area contributed by atoms with Crippen LogP contribution in [0.25, 0.3) is 11.8 Å². The molecule has 0 aliphatic carbocycles. The van der Waals surface area contributed by atoms with Gasteiger partial charge in [-0.25, -0.2) is 0 Å². The van der Waals surface area contributed by atoms with E-state index in [1.807, 2.05) is 83.7 Å². The molecule has 0 aliphatic rings. The van der Waals surface area contributed by atoms with Gasteiger partial charge in [-0.15, -0.1) is 0 Å². The van der Waals surface area contributed by atoms with E-state index in [1.54, 1.807) is 12.1 Å². The van der Waals surface area contributed by atoms with Crippen molar-refractivity contribution in [2.75, 3.05) is 0 Å². The van der Waals surface area contributed by atoms with E-state index in [0.717, 1.165) is 11.3 Å². The van der Waals surface area contributed by atoms with E-state index >= 15 is 0 Å². The summed E-state index contributed by atoms with van der Waals surface area (Å²) in [5.41, 5.74) is 2.57. The number of hydrogen-bond acceptors (Lipinski definition) is 1. The number of carbonyl (C=O) groups excluding carboxylic acids is 1. The van der Waals surface area contributed by atoms with Gasteiger partial charge in [-0.1, -0.05) is 54.1 Å². The lowest BCUT2D eigenvalue weighted by molar-refractivity contribution is 0.104. The van der Waals surface area contributed by atoms with Crippen LogP contribution in [0.2, 0.25) is 0 Å². The Morgan fingerprint density at radius 2 is 1.62 bits per heavy atom.